The van der Waals surface area contributed by atoms with Crippen molar-refractivity contribution in [3.8, 4) is 0 Å². The maximum atomic E-state index is 11.2. The number of nitrogens with one attached hydrogen (secondary N) is 1. The highest BCUT2D eigenvalue weighted by Gasteiger charge is 2.50. The lowest BCUT2D eigenvalue weighted by atomic mass is 9.95. The van der Waals surface area contributed by atoms with Crippen molar-refractivity contribution in [1.29, 1.82) is 0 Å². The number of hydrogen-bond donors (Lipinski definition) is 8. The van der Waals surface area contributed by atoms with Crippen LogP contribution in [0.25, 0.3) is 0 Å². The summed E-state index contributed by atoms with van der Waals surface area (Å²) >= 11 is 0. The molecule has 0 saturated carbocycles. The molecule has 2 aliphatic rings. The molecular weight excluding hydrogens is 358 g/mol. The Morgan fingerprint density at radius 2 is 1.54 bits per heavy atom. The first-order valence-corrected chi connectivity index (χ1v) is 8.06. The highest BCUT2D eigenvalue weighted by molar-refractivity contribution is 5.73. The zero-order valence-electron chi connectivity index (χ0n) is 14.0. The Bertz CT molecular complexity index is 478. The summed E-state index contributed by atoms with van der Waals surface area (Å²) in [5.41, 5.74) is 0. The number of carbonyl (C=O) groups is 1. The van der Waals surface area contributed by atoms with E-state index in [-0.39, 0.29) is 0 Å². The fraction of sp³-hybridized carbons (Fsp3) is 0.929. The number of rotatable bonds is 5. The lowest BCUT2D eigenvalue weighted by molar-refractivity contribution is -0.345. The molecule has 0 radical (unpaired) electrons. The topological polar surface area (TPSA) is 198 Å². The summed E-state index contributed by atoms with van der Waals surface area (Å²) < 4.78 is 15.7. The highest BCUT2D eigenvalue weighted by Crippen LogP contribution is 2.28. The number of aliphatic hydroxyl groups excluding tert-OH is 7. The first kappa shape index (κ1) is 21.4. The van der Waals surface area contributed by atoms with Crippen LogP contribution in [0.1, 0.15) is 6.92 Å². The second-order valence-electron chi connectivity index (χ2n) is 6.26. The summed E-state index contributed by atoms with van der Waals surface area (Å²) in [6.07, 6.45) is -13.6. The monoisotopic (exact) mass is 383 g/mol. The van der Waals surface area contributed by atoms with E-state index in [0.717, 1.165) is 6.92 Å². The van der Waals surface area contributed by atoms with Crippen molar-refractivity contribution in [3.63, 3.8) is 0 Å². The van der Waals surface area contributed by atoms with E-state index in [1.54, 1.807) is 0 Å². The van der Waals surface area contributed by atoms with Crippen molar-refractivity contribution in [2.45, 2.75) is 68.3 Å². The number of carbonyl (C=O) groups excluding carboxylic acids is 1. The van der Waals surface area contributed by atoms with Gasteiger partial charge in [-0.1, -0.05) is 0 Å². The fourth-order valence-corrected chi connectivity index (χ4v) is 2.98. The zero-order chi connectivity index (χ0) is 19.6. The molecule has 0 unspecified atom stereocenters. The second-order valence-corrected chi connectivity index (χ2v) is 6.26. The van der Waals surface area contributed by atoms with Gasteiger partial charge in [0.25, 0.3) is 0 Å². The molecular formula is C14H25NO11. The molecule has 0 aromatic carbocycles. The predicted molar refractivity (Wildman–Crippen MR) is 80.2 cm³/mol. The van der Waals surface area contributed by atoms with Gasteiger partial charge in [0.1, 0.15) is 48.8 Å². The molecule has 1 amide bonds. The summed E-state index contributed by atoms with van der Waals surface area (Å²) in [6.45, 7) is -0.195. The number of hydrogen-bond acceptors (Lipinski definition) is 11. The number of amides is 1. The van der Waals surface area contributed by atoms with Gasteiger partial charge in [0.2, 0.25) is 5.91 Å². The van der Waals surface area contributed by atoms with E-state index in [0.29, 0.717) is 0 Å². The third-order valence-corrected chi connectivity index (χ3v) is 4.38. The van der Waals surface area contributed by atoms with Crippen LogP contribution < -0.4 is 5.32 Å². The van der Waals surface area contributed by atoms with E-state index in [4.69, 9.17) is 14.2 Å². The Hall–Kier alpha value is -0.930. The highest BCUT2D eigenvalue weighted by atomic mass is 16.7. The molecule has 8 N–H and O–H groups in total. The second kappa shape index (κ2) is 8.84. The van der Waals surface area contributed by atoms with Gasteiger partial charge in [0.15, 0.2) is 12.6 Å². The van der Waals surface area contributed by atoms with E-state index in [1.165, 1.54) is 0 Å². The van der Waals surface area contributed by atoms with Crippen LogP contribution in [0.4, 0.5) is 0 Å². The number of ether oxygens (including phenoxy) is 3. The minimum Gasteiger partial charge on any atom is -0.394 e. The van der Waals surface area contributed by atoms with Crippen LogP contribution >= 0.6 is 0 Å². The molecule has 0 aromatic heterocycles. The number of aliphatic hydroxyl groups is 7. The molecule has 26 heavy (non-hydrogen) atoms. The molecule has 12 nitrogen and oxygen atoms in total. The minimum absolute atomic E-state index is 0.564. The molecule has 0 aromatic rings. The van der Waals surface area contributed by atoms with Crippen LogP contribution in [-0.2, 0) is 19.0 Å². The lowest BCUT2D eigenvalue weighted by Crippen LogP contribution is -2.67. The van der Waals surface area contributed by atoms with Gasteiger partial charge in [-0.15, -0.1) is 0 Å². The van der Waals surface area contributed by atoms with Crippen LogP contribution in [-0.4, -0.2) is 116 Å². The van der Waals surface area contributed by atoms with Crippen molar-refractivity contribution >= 4 is 5.91 Å². The van der Waals surface area contributed by atoms with Crippen LogP contribution in [0.15, 0.2) is 0 Å². The largest absolute Gasteiger partial charge is 0.394 e. The summed E-state index contributed by atoms with van der Waals surface area (Å²) in [7, 11) is 0. The summed E-state index contributed by atoms with van der Waals surface area (Å²) in [5.74, 6) is -0.564. The zero-order valence-corrected chi connectivity index (χ0v) is 14.0. The van der Waals surface area contributed by atoms with Crippen molar-refractivity contribution in [2.75, 3.05) is 13.2 Å². The minimum atomic E-state index is -1.73. The van der Waals surface area contributed by atoms with Gasteiger partial charge in [-0.25, -0.2) is 0 Å². The first-order valence-electron chi connectivity index (χ1n) is 8.06. The fourth-order valence-electron chi connectivity index (χ4n) is 2.98. The average molecular weight is 383 g/mol. The lowest BCUT2D eigenvalue weighted by Gasteiger charge is -2.46. The van der Waals surface area contributed by atoms with Gasteiger partial charge in [-0.05, 0) is 0 Å². The van der Waals surface area contributed by atoms with Gasteiger partial charge >= 0.3 is 0 Å². The molecule has 152 valence electrons. The summed E-state index contributed by atoms with van der Waals surface area (Å²) in [6, 6.07) is -1.29. The van der Waals surface area contributed by atoms with E-state index in [9.17, 15) is 40.5 Å². The molecule has 2 saturated heterocycles. The van der Waals surface area contributed by atoms with Gasteiger partial charge in [-0.3, -0.25) is 4.79 Å². The molecule has 0 aliphatic carbocycles. The van der Waals surface area contributed by atoms with Crippen LogP contribution in [0.5, 0.6) is 0 Å². The van der Waals surface area contributed by atoms with Crippen LogP contribution in [0.3, 0.4) is 0 Å². The Morgan fingerprint density at radius 1 is 0.923 bits per heavy atom. The summed E-state index contributed by atoms with van der Waals surface area (Å²) in [5, 5.41) is 70.7. The Labute approximate surface area is 148 Å². The van der Waals surface area contributed by atoms with E-state index in [2.05, 4.69) is 5.32 Å². The molecule has 12 heteroatoms. The third kappa shape index (κ3) is 4.31. The van der Waals surface area contributed by atoms with Gasteiger partial charge in [0, 0.05) is 6.92 Å². The molecule has 2 aliphatic heterocycles. The summed E-state index contributed by atoms with van der Waals surface area (Å²) in [4.78, 5) is 11.2. The van der Waals surface area contributed by atoms with Crippen molar-refractivity contribution in [1.82, 2.24) is 5.32 Å². The first-order chi connectivity index (χ1) is 12.2. The molecule has 2 heterocycles. The van der Waals surface area contributed by atoms with E-state index < -0.39 is 80.5 Å². The quantitative estimate of drug-likeness (QED) is 0.226. The standard InChI is InChI=1S/C14H25NO11/c1-4(18)15-7-9(20)12(6(3-17)24-13(7)23)26-14-11(22)10(21)8(19)5(2-16)25-14/h5-14,16-17,19-23H,2-3H2,1H3,(H,15,18)/t5-,6-,7-,8+,9-,10-,11+,12-,13-,14+/m1/s1. The normalized spacial score (nSPS) is 46.8. The maximum Gasteiger partial charge on any atom is 0.217 e. The molecule has 2 rings (SSSR count). The Kier molecular flexibility index (Phi) is 7.27. The SMILES string of the molecule is CC(=O)N[C@@H]1[C@@H](O)[C@H](O[C@@H]2O[C@H](CO)[C@H](O)[C@@H](O)[C@@H]2O)[C@@H](CO)O[C@H]1O. The van der Waals surface area contributed by atoms with Crippen molar-refractivity contribution in [2.24, 2.45) is 0 Å². The van der Waals surface area contributed by atoms with Crippen molar-refractivity contribution in [3.05, 3.63) is 0 Å². The molecule has 0 bridgehead atoms. The average Bonchev–Trinajstić information content (AvgIpc) is 2.60. The van der Waals surface area contributed by atoms with Crippen LogP contribution in [0, 0.1) is 0 Å². The smallest absolute Gasteiger partial charge is 0.217 e. The maximum absolute atomic E-state index is 11.2. The van der Waals surface area contributed by atoms with Gasteiger partial charge < -0.3 is 55.3 Å². The molecule has 10 atom stereocenters. The van der Waals surface area contributed by atoms with E-state index >= 15 is 0 Å². The third-order valence-electron chi connectivity index (χ3n) is 4.38. The Balaban J connectivity index is 2.16. The Morgan fingerprint density at radius 3 is 2.08 bits per heavy atom. The van der Waals surface area contributed by atoms with Crippen molar-refractivity contribution < 1.29 is 54.8 Å². The molecule has 0 spiro atoms. The van der Waals surface area contributed by atoms with E-state index in [1.807, 2.05) is 0 Å². The van der Waals surface area contributed by atoms with Gasteiger partial charge in [-0.2, -0.15) is 0 Å². The molecule has 2 fully saturated rings. The predicted octanol–water partition coefficient (Wildman–Crippen LogP) is -5.25. The van der Waals surface area contributed by atoms with Crippen LogP contribution in [0.2, 0.25) is 0 Å². The van der Waals surface area contributed by atoms with Gasteiger partial charge in [0.05, 0.1) is 13.2 Å².